The van der Waals surface area contributed by atoms with Crippen molar-refractivity contribution in [1.82, 2.24) is 0 Å². The molecule has 1 atom stereocenters. The Morgan fingerprint density at radius 2 is 1.56 bits per heavy atom. The smallest absolute Gasteiger partial charge is 0.260 e. The number of carbonyl (C=O) groups is 1. The molecule has 0 fully saturated rings. The maximum atomic E-state index is 13.4. The Labute approximate surface area is 162 Å². The lowest BCUT2D eigenvalue weighted by molar-refractivity contribution is 0.0979. The molecule has 0 saturated heterocycles. The summed E-state index contributed by atoms with van der Waals surface area (Å²) >= 11 is 1.66. The number of rotatable bonds is 4. The van der Waals surface area contributed by atoms with E-state index in [9.17, 15) is 4.79 Å². The van der Waals surface area contributed by atoms with Crippen molar-refractivity contribution in [2.75, 3.05) is 19.1 Å². The summed E-state index contributed by atoms with van der Waals surface area (Å²) in [6, 6.07) is 23.2. The van der Waals surface area contributed by atoms with Crippen molar-refractivity contribution in [3.63, 3.8) is 0 Å². The van der Waals surface area contributed by atoms with Crippen LogP contribution >= 0.6 is 11.8 Å². The molecule has 136 valence electrons. The van der Waals surface area contributed by atoms with Gasteiger partial charge in [-0.25, -0.2) is 0 Å². The van der Waals surface area contributed by atoms with Crippen LogP contribution in [0.2, 0.25) is 0 Å². The van der Waals surface area contributed by atoms with Gasteiger partial charge in [0.2, 0.25) is 0 Å². The summed E-state index contributed by atoms with van der Waals surface area (Å²) in [6.07, 6.45) is 0. The van der Waals surface area contributed by atoms with Crippen LogP contribution in [-0.2, 0) is 0 Å². The Bertz CT molecular complexity index is 989. The third kappa shape index (κ3) is 3.26. The Kier molecular flexibility index (Phi) is 4.77. The first-order chi connectivity index (χ1) is 13.2. The Morgan fingerprint density at radius 1 is 0.852 bits per heavy atom. The molecule has 3 aromatic carbocycles. The number of benzene rings is 3. The van der Waals surface area contributed by atoms with Gasteiger partial charge >= 0.3 is 0 Å². The zero-order valence-electron chi connectivity index (χ0n) is 15.1. The van der Waals surface area contributed by atoms with E-state index in [1.165, 1.54) is 0 Å². The molecule has 1 aliphatic rings. The molecular formula is C22H19NO3S. The molecule has 1 unspecified atom stereocenters. The van der Waals surface area contributed by atoms with Crippen molar-refractivity contribution in [2.45, 2.75) is 10.3 Å². The molecule has 0 saturated carbocycles. The quantitative estimate of drug-likeness (QED) is 0.630. The molecule has 0 aliphatic carbocycles. The molecule has 4 rings (SSSR count). The van der Waals surface area contributed by atoms with Crippen LogP contribution < -0.4 is 14.4 Å². The molecule has 27 heavy (non-hydrogen) atoms. The fourth-order valence-electron chi connectivity index (χ4n) is 3.18. The van der Waals surface area contributed by atoms with Crippen molar-refractivity contribution >= 4 is 23.4 Å². The minimum Gasteiger partial charge on any atom is -0.497 e. The number of amides is 1. The van der Waals surface area contributed by atoms with Gasteiger partial charge in [0.25, 0.3) is 5.91 Å². The van der Waals surface area contributed by atoms with Gasteiger partial charge in [-0.05, 0) is 42.0 Å². The Balaban J connectivity index is 1.86. The fraction of sp³-hybridized carbons (Fsp3) is 0.136. The largest absolute Gasteiger partial charge is 0.497 e. The molecule has 0 radical (unpaired) electrons. The first kappa shape index (κ1) is 17.5. The first-order valence-corrected chi connectivity index (χ1v) is 9.46. The zero-order valence-corrected chi connectivity index (χ0v) is 15.9. The van der Waals surface area contributed by atoms with Crippen LogP contribution in [0.4, 0.5) is 5.69 Å². The minimum absolute atomic E-state index is 0.0228. The van der Waals surface area contributed by atoms with Gasteiger partial charge in [-0.2, -0.15) is 0 Å². The summed E-state index contributed by atoms with van der Waals surface area (Å²) in [6.45, 7) is 0. The SMILES string of the molecule is COc1cccc(C2Sc3ccccc3C(=O)N2c2cccc(OC)c2)c1. The Hall–Kier alpha value is -2.92. The van der Waals surface area contributed by atoms with Crippen molar-refractivity contribution in [2.24, 2.45) is 0 Å². The Morgan fingerprint density at radius 3 is 2.33 bits per heavy atom. The van der Waals surface area contributed by atoms with E-state index in [0.29, 0.717) is 11.3 Å². The van der Waals surface area contributed by atoms with E-state index in [4.69, 9.17) is 9.47 Å². The molecule has 0 bridgehead atoms. The van der Waals surface area contributed by atoms with Gasteiger partial charge in [0, 0.05) is 16.6 Å². The minimum atomic E-state index is -0.199. The number of methoxy groups -OCH3 is 2. The number of hydrogen-bond donors (Lipinski definition) is 0. The van der Waals surface area contributed by atoms with Crippen molar-refractivity contribution < 1.29 is 14.3 Å². The second-order valence-corrected chi connectivity index (χ2v) is 7.24. The van der Waals surface area contributed by atoms with Gasteiger partial charge in [-0.15, -0.1) is 0 Å². The van der Waals surface area contributed by atoms with Crippen LogP contribution in [0.5, 0.6) is 11.5 Å². The van der Waals surface area contributed by atoms with E-state index >= 15 is 0 Å². The highest BCUT2D eigenvalue weighted by Crippen LogP contribution is 2.47. The fourth-order valence-corrected chi connectivity index (χ4v) is 4.47. The number of carbonyl (C=O) groups excluding carboxylic acids is 1. The van der Waals surface area contributed by atoms with Gasteiger partial charge < -0.3 is 9.47 Å². The molecule has 1 amide bonds. The molecule has 1 heterocycles. The van der Waals surface area contributed by atoms with Crippen molar-refractivity contribution in [3.8, 4) is 11.5 Å². The molecular weight excluding hydrogens is 358 g/mol. The number of hydrogen-bond acceptors (Lipinski definition) is 4. The highest BCUT2D eigenvalue weighted by Gasteiger charge is 2.35. The molecule has 0 N–H and O–H groups in total. The number of nitrogens with zero attached hydrogens (tertiary/aromatic N) is 1. The normalized spacial score (nSPS) is 16.0. The average Bonchev–Trinajstić information content (AvgIpc) is 2.73. The van der Waals surface area contributed by atoms with E-state index in [1.807, 2.05) is 77.7 Å². The standard InChI is InChI=1S/C22H19NO3S/c1-25-17-9-5-7-15(13-17)22-23(16-8-6-10-18(14-16)26-2)21(24)19-11-3-4-12-20(19)27-22/h3-14,22H,1-2H3. The summed E-state index contributed by atoms with van der Waals surface area (Å²) in [5.74, 6) is 1.46. The second-order valence-electron chi connectivity index (χ2n) is 6.12. The number of fused-ring (bicyclic) bond motifs is 1. The van der Waals surface area contributed by atoms with Crippen LogP contribution in [0.3, 0.4) is 0 Å². The van der Waals surface area contributed by atoms with Crippen LogP contribution in [0.25, 0.3) is 0 Å². The summed E-state index contributed by atoms with van der Waals surface area (Å²) in [5.41, 5.74) is 2.52. The first-order valence-electron chi connectivity index (χ1n) is 8.58. The number of ether oxygens (including phenoxy) is 2. The lowest BCUT2D eigenvalue weighted by atomic mass is 10.1. The van der Waals surface area contributed by atoms with Gasteiger partial charge in [0.05, 0.1) is 19.8 Å². The lowest BCUT2D eigenvalue weighted by Gasteiger charge is -2.36. The third-order valence-electron chi connectivity index (χ3n) is 4.52. The van der Waals surface area contributed by atoms with Crippen LogP contribution in [0.15, 0.2) is 77.7 Å². The average molecular weight is 377 g/mol. The van der Waals surface area contributed by atoms with Gasteiger partial charge in [0.1, 0.15) is 16.9 Å². The van der Waals surface area contributed by atoms with Crippen LogP contribution in [0, 0.1) is 0 Å². The molecule has 0 spiro atoms. The summed E-state index contributed by atoms with van der Waals surface area (Å²) in [5, 5.41) is -0.199. The molecule has 3 aromatic rings. The van der Waals surface area contributed by atoms with E-state index in [1.54, 1.807) is 26.0 Å². The predicted molar refractivity (Wildman–Crippen MR) is 108 cm³/mol. The van der Waals surface area contributed by atoms with Crippen molar-refractivity contribution in [1.29, 1.82) is 0 Å². The van der Waals surface area contributed by atoms with E-state index in [2.05, 4.69) is 0 Å². The van der Waals surface area contributed by atoms with E-state index in [0.717, 1.165) is 21.9 Å². The zero-order chi connectivity index (χ0) is 18.8. The van der Waals surface area contributed by atoms with Gasteiger partial charge in [-0.1, -0.05) is 42.1 Å². The van der Waals surface area contributed by atoms with E-state index in [-0.39, 0.29) is 11.3 Å². The molecule has 1 aliphatic heterocycles. The maximum Gasteiger partial charge on any atom is 0.260 e. The monoisotopic (exact) mass is 377 g/mol. The van der Waals surface area contributed by atoms with Crippen LogP contribution in [-0.4, -0.2) is 20.1 Å². The molecule has 4 nitrogen and oxygen atoms in total. The summed E-state index contributed by atoms with van der Waals surface area (Å²) in [7, 11) is 3.27. The molecule has 0 aromatic heterocycles. The van der Waals surface area contributed by atoms with Crippen LogP contribution in [0.1, 0.15) is 21.3 Å². The van der Waals surface area contributed by atoms with E-state index < -0.39 is 0 Å². The summed E-state index contributed by atoms with van der Waals surface area (Å²) < 4.78 is 10.7. The highest BCUT2D eigenvalue weighted by molar-refractivity contribution is 7.99. The topological polar surface area (TPSA) is 38.8 Å². The lowest BCUT2D eigenvalue weighted by Crippen LogP contribution is -2.36. The number of anilines is 1. The van der Waals surface area contributed by atoms with Gasteiger partial charge in [0.15, 0.2) is 0 Å². The maximum absolute atomic E-state index is 13.4. The third-order valence-corrected chi connectivity index (χ3v) is 5.84. The van der Waals surface area contributed by atoms with Crippen molar-refractivity contribution in [3.05, 3.63) is 83.9 Å². The molecule has 5 heteroatoms. The summed E-state index contributed by atoms with van der Waals surface area (Å²) in [4.78, 5) is 16.2. The highest BCUT2D eigenvalue weighted by atomic mass is 32.2. The second kappa shape index (κ2) is 7.37. The predicted octanol–water partition coefficient (Wildman–Crippen LogP) is 5.16. The number of thioether (sulfide) groups is 1. The van der Waals surface area contributed by atoms with Gasteiger partial charge in [-0.3, -0.25) is 9.69 Å².